The first-order valence-electron chi connectivity index (χ1n) is 7.38. The molecule has 0 aromatic heterocycles. The quantitative estimate of drug-likeness (QED) is 0.655. The van der Waals surface area contributed by atoms with Gasteiger partial charge in [0.05, 0.1) is 6.61 Å². The van der Waals surface area contributed by atoms with Crippen LogP contribution in [0.1, 0.15) is 26.2 Å². The predicted octanol–water partition coefficient (Wildman–Crippen LogP) is 0.555. The molecule has 1 unspecified atom stereocenters. The van der Waals surface area contributed by atoms with Gasteiger partial charge < -0.3 is 15.0 Å². The van der Waals surface area contributed by atoms with Crippen LogP contribution in [0.5, 0.6) is 0 Å². The van der Waals surface area contributed by atoms with Crippen molar-refractivity contribution in [2.24, 2.45) is 0 Å². The fraction of sp³-hybridized carbons (Fsp3) is 0.929. The molecule has 1 rings (SSSR count). The van der Waals surface area contributed by atoms with Crippen molar-refractivity contribution in [2.75, 3.05) is 53.5 Å². The van der Waals surface area contributed by atoms with E-state index in [1.54, 1.807) is 7.11 Å². The number of piperazine rings is 1. The highest BCUT2D eigenvalue weighted by Crippen LogP contribution is 2.13. The average molecular weight is 271 g/mol. The van der Waals surface area contributed by atoms with Crippen molar-refractivity contribution < 1.29 is 9.53 Å². The summed E-state index contributed by atoms with van der Waals surface area (Å²) in [7, 11) is 3.66. The van der Waals surface area contributed by atoms with Gasteiger partial charge in [-0.05, 0) is 26.4 Å². The molecule has 0 spiro atoms. The van der Waals surface area contributed by atoms with E-state index in [9.17, 15) is 4.79 Å². The summed E-state index contributed by atoms with van der Waals surface area (Å²) in [5.74, 6) is 0.306. The van der Waals surface area contributed by atoms with Crippen molar-refractivity contribution >= 4 is 5.91 Å². The highest BCUT2D eigenvalue weighted by molar-refractivity contribution is 5.76. The van der Waals surface area contributed by atoms with E-state index in [0.717, 1.165) is 52.2 Å². The van der Waals surface area contributed by atoms with Gasteiger partial charge in [-0.2, -0.15) is 0 Å². The number of nitrogens with one attached hydrogen (secondary N) is 1. The van der Waals surface area contributed by atoms with E-state index < -0.39 is 0 Å². The minimum Gasteiger partial charge on any atom is -0.383 e. The maximum atomic E-state index is 12.1. The second kappa shape index (κ2) is 9.28. The van der Waals surface area contributed by atoms with Gasteiger partial charge in [-0.25, -0.2) is 0 Å². The van der Waals surface area contributed by atoms with Crippen LogP contribution in [0.3, 0.4) is 0 Å². The Morgan fingerprint density at radius 2 is 2.21 bits per heavy atom. The average Bonchev–Trinajstić information content (AvgIpc) is 2.45. The fourth-order valence-electron chi connectivity index (χ4n) is 2.58. The SMILES string of the molecule is CCC1CN(C(=O)CCCNC)CCN1CCOC. The van der Waals surface area contributed by atoms with Crippen LogP contribution in [-0.4, -0.2) is 75.2 Å². The van der Waals surface area contributed by atoms with Gasteiger partial charge in [-0.1, -0.05) is 6.92 Å². The lowest BCUT2D eigenvalue weighted by Crippen LogP contribution is -2.55. The number of hydrogen-bond acceptors (Lipinski definition) is 4. The van der Waals surface area contributed by atoms with Gasteiger partial charge in [0.2, 0.25) is 5.91 Å². The normalized spacial score (nSPS) is 20.8. The molecule has 1 atom stereocenters. The number of methoxy groups -OCH3 is 1. The molecular weight excluding hydrogens is 242 g/mol. The molecule has 112 valence electrons. The summed E-state index contributed by atoms with van der Waals surface area (Å²) in [5, 5.41) is 3.08. The standard InChI is InChI=1S/C14H29N3O2/c1-4-13-12-17(14(18)6-5-7-15-2)9-8-16(13)10-11-19-3/h13,15H,4-12H2,1-3H3. The van der Waals surface area contributed by atoms with Crippen LogP contribution in [-0.2, 0) is 9.53 Å². The lowest BCUT2D eigenvalue weighted by molar-refractivity contribution is -0.134. The zero-order valence-electron chi connectivity index (χ0n) is 12.7. The zero-order valence-corrected chi connectivity index (χ0v) is 12.7. The van der Waals surface area contributed by atoms with E-state index in [0.29, 0.717) is 18.4 Å². The summed E-state index contributed by atoms with van der Waals surface area (Å²) in [4.78, 5) is 16.6. The first-order chi connectivity index (χ1) is 9.22. The number of nitrogens with zero attached hydrogens (tertiary/aromatic N) is 2. The Morgan fingerprint density at radius 1 is 1.42 bits per heavy atom. The maximum Gasteiger partial charge on any atom is 0.222 e. The first-order valence-corrected chi connectivity index (χ1v) is 7.38. The van der Waals surface area contributed by atoms with Crippen LogP contribution in [0.25, 0.3) is 0 Å². The molecule has 1 aliphatic rings. The Bertz CT molecular complexity index is 261. The van der Waals surface area contributed by atoms with Crippen molar-refractivity contribution in [3.63, 3.8) is 0 Å². The van der Waals surface area contributed by atoms with Gasteiger partial charge in [0.15, 0.2) is 0 Å². The topological polar surface area (TPSA) is 44.8 Å². The summed E-state index contributed by atoms with van der Waals surface area (Å²) in [5.41, 5.74) is 0. The monoisotopic (exact) mass is 271 g/mol. The van der Waals surface area contributed by atoms with E-state index >= 15 is 0 Å². The molecule has 1 saturated heterocycles. The molecule has 5 nitrogen and oxygen atoms in total. The van der Waals surface area contributed by atoms with Gasteiger partial charge in [-0.15, -0.1) is 0 Å². The van der Waals surface area contributed by atoms with Crippen molar-refractivity contribution in [1.82, 2.24) is 15.1 Å². The van der Waals surface area contributed by atoms with E-state index in [-0.39, 0.29) is 0 Å². The molecule has 0 saturated carbocycles. The summed E-state index contributed by atoms with van der Waals surface area (Å²) >= 11 is 0. The van der Waals surface area contributed by atoms with Crippen LogP contribution in [0, 0.1) is 0 Å². The van der Waals surface area contributed by atoms with Gasteiger partial charge >= 0.3 is 0 Å². The number of hydrogen-bond donors (Lipinski definition) is 1. The highest BCUT2D eigenvalue weighted by atomic mass is 16.5. The Kier molecular flexibility index (Phi) is 8.02. The van der Waals surface area contributed by atoms with E-state index in [4.69, 9.17) is 4.74 Å². The smallest absolute Gasteiger partial charge is 0.222 e. The molecular formula is C14H29N3O2. The van der Waals surface area contributed by atoms with Crippen LogP contribution >= 0.6 is 0 Å². The van der Waals surface area contributed by atoms with Crippen LogP contribution < -0.4 is 5.32 Å². The molecule has 0 aromatic rings. The molecule has 0 aromatic carbocycles. The second-order valence-electron chi connectivity index (χ2n) is 5.14. The lowest BCUT2D eigenvalue weighted by atomic mass is 10.1. The summed E-state index contributed by atoms with van der Waals surface area (Å²) in [6.45, 7) is 7.55. The number of carbonyl (C=O) groups is 1. The molecule has 5 heteroatoms. The van der Waals surface area contributed by atoms with Crippen LogP contribution in [0.2, 0.25) is 0 Å². The Hall–Kier alpha value is -0.650. The van der Waals surface area contributed by atoms with E-state index in [1.807, 2.05) is 11.9 Å². The minimum atomic E-state index is 0.306. The third-order valence-electron chi connectivity index (χ3n) is 3.83. The number of carbonyl (C=O) groups excluding carboxylic acids is 1. The Labute approximate surface area is 117 Å². The molecule has 1 N–H and O–H groups in total. The van der Waals surface area contributed by atoms with Crippen LogP contribution in [0.4, 0.5) is 0 Å². The fourth-order valence-corrected chi connectivity index (χ4v) is 2.58. The summed E-state index contributed by atoms with van der Waals surface area (Å²) in [6.07, 6.45) is 2.68. The lowest BCUT2D eigenvalue weighted by Gasteiger charge is -2.41. The first kappa shape index (κ1) is 16.4. The predicted molar refractivity (Wildman–Crippen MR) is 77.3 cm³/mol. The Balaban J connectivity index is 2.37. The summed E-state index contributed by atoms with van der Waals surface area (Å²) in [6, 6.07) is 0.483. The molecule has 1 amide bonds. The number of rotatable bonds is 8. The largest absolute Gasteiger partial charge is 0.383 e. The van der Waals surface area contributed by atoms with Crippen molar-refractivity contribution in [2.45, 2.75) is 32.2 Å². The molecule has 1 heterocycles. The second-order valence-corrected chi connectivity index (χ2v) is 5.14. The molecule has 19 heavy (non-hydrogen) atoms. The van der Waals surface area contributed by atoms with Crippen LogP contribution in [0.15, 0.2) is 0 Å². The third-order valence-corrected chi connectivity index (χ3v) is 3.83. The van der Waals surface area contributed by atoms with E-state index in [1.165, 1.54) is 0 Å². The van der Waals surface area contributed by atoms with Gasteiger partial charge in [0, 0.05) is 45.8 Å². The van der Waals surface area contributed by atoms with Gasteiger partial charge in [0.1, 0.15) is 0 Å². The van der Waals surface area contributed by atoms with Crippen molar-refractivity contribution in [3.05, 3.63) is 0 Å². The number of amides is 1. The summed E-state index contributed by atoms with van der Waals surface area (Å²) < 4.78 is 5.15. The van der Waals surface area contributed by atoms with Crippen molar-refractivity contribution in [1.29, 1.82) is 0 Å². The molecule has 1 aliphatic heterocycles. The Morgan fingerprint density at radius 3 is 2.84 bits per heavy atom. The van der Waals surface area contributed by atoms with Gasteiger partial charge in [0.25, 0.3) is 0 Å². The van der Waals surface area contributed by atoms with Crippen molar-refractivity contribution in [3.8, 4) is 0 Å². The van der Waals surface area contributed by atoms with Gasteiger partial charge in [-0.3, -0.25) is 9.69 Å². The molecule has 0 aliphatic carbocycles. The molecule has 0 bridgehead atoms. The minimum absolute atomic E-state index is 0.306. The number of ether oxygens (including phenoxy) is 1. The zero-order chi connectivity index (χ0) is 14.1. The maximum absolute atomic E-state index is 12.1. The highest BCUT2D eigenvalue weighted by Gasteiger charge is 2.27. The van der Waals surface area contributed by atoms with E-state index in [2.05, 4.69) is 17.1 Å². The third kappa shape index (κ3) is 5.47. The molecule has 1 fully saturated rings. The molecule has 0 radical (unpaired) electrons.